The standard InChI is InChI=1S/C9H13ClN2OS2/c10-9-12-4-8(14-9)6-15(13)5-7-1-2-11-3-7/h4,7,11H,1-3,5-6H2/t7-,15+/m1/s1. The first-order valence-corrected chi connectivity index (χ1v) is 7.58. The van der Waals surface area contributed by atoms with E-state index in [9.17, 15) is 4.21 Å². The molecule has 1 saturated heterocycles. The molecule has 2 heterocycles. The predicted molar refractivity (Wildman–Crippen MR) is 64.8 cm³/mol. The van der Waals surface area contributed by atoms with Crippen molar-refractivity contribution in [1.29, 1.82) is 0 Å². The minimum atomic E-state index is -0.776. The Labute approximate surface area is 101 Å². The van der Waals surface area contributed by atoms with Gasteiger partial charge >= 0.3 is 0 Å². The molecule has 1 aliphatic heterocycles. The lowest BCUT2D eigenvalue weighted by Crippen LogP contribution is -2.15. The Morgan fingerprint density at radius 3 is 3.20 bits per heavy atom. The normalized spacial score (nSPS) is 23.1. The van der Waals surface area contributed by atoms with E-state index >= 15 is 0 Å². The van der Waals surface area contributed by atoms with Gasteiger partial charge in [-0.2, -0.15) is 0 Å². The fraction of sp³-hybridized carbons (Fsp3) is 0.667. The van der Waals surface area contributed by atoms with Gasteiger partial charge in [-0.25, -0.2) is 4.98 Å². The maximum atomic E-state index is 11.8. The number of rotatable bonds is 4. The zero-order chi connectivity index (χ0) is 10.7. The Morgan fingerprint density at radius 1 is 1.73 bits per heavy atom. The van der Waals surface area contributed by atoms with E-state index in [-0.39, 0.29) is 0 Å². The van der Waals surface area contributed by atoms with Crippen molar-refractivity contribution >= 4 is 33.7 Å². The number of nitrogens with zero attached hydrogens (tertiary/aromatic N) is 1. The summed E-state index contributed by atoms with van der Waals surface area (Å²) in [4.78, 5) is 4.96. The van der Waals surface area contributed by atoms with Crippen molar-refractivity contribution in [2.24, 2.45) is 5.92 Å². The van der Waals surface area contributed by atoms with Crippen molar-refractivity contribution in [2.75, 3.05) is 18.8 Å². The Morgan fingerprint density at radius 2 is 2.60 bits per heavy atom. The Bertz CT molecular complexity index is 350. The van der Waals surface area contributed by atoms with Crippen LogP contribution < -0.4 is 5.32 Å². The summed E-state index contributed by atoms with van der Waals surface area (Å²) in [6.07, 6.45) is 2.87. The van der Waals surface area contributed by atoms with Crippen LogP contribution in [-0.4, -0.2) is 28.0 Å². The van der Waals surface area contributed by atoms with Gasteiger partial charge in [0.25, 0.3) is 0 Å². The van der Waals surface area contributed by atoms with Gasteiger partial charge in [-0.1, -0.05) is 11.6 Å². The van der Waals surface area contributed by atoms with Gasteiger partial charge in [0.2, 0.25) is 0 Å². The van der Waals surface area contributed by atoms with E-state index in [0.29, 0.717) is 16.1 Å². The minimum absolute atomic E-state index is 0.532. The summed E-state index contributed by atoms with van der Waals surface area (Å²) in [7, 11) is -0.776. The summed E-state index contributed by atoms with van der Waals surface area (Å²) in [5.41, 5.74) is 0. The van der Waals surface area contributed by atoms with Crippen LogP contribution in [0.2, 0.25) is 4.47 Å². The molecule has 0 aliphatic carbocycles. The summed E-state index contributed by atoms with van der Waals surface area (Å²) < 4.78 is 12.3. The van der Waals surface area contributed by atoms with Crippen LogP contribution in [-0.2, 0) is 16.6 Å². The molecule has 3 nitrogen and oxygen atoms in total. The van der Waals surface area contributed by atoms with Gasteiger partial charge in [-0.05, 0) is 25.4 Å². The van der Waals surface area contributed by atoms with Crippen molar-refractivity contribution in [1.82, 2.24) is 10.3 Å². The van der Waals surface area contributed by atoms with Gasteiger partial charge in [0, 0.05) is 27.6 Å². The van der Waals surface area contributed by atoms with Crippen molar-refractivity contribution in [3.05, 3.63) is 15.5 Å². The zero-order valence-corrected chi connectivity index (χ0v) is 10.6. The first kappa shape index (κ1) is 11.5. The number of hydrogen-bond donors (Lipinski definition) is 1. The molecule has 6 heteroatoms. The van der Waals surface area contributed by atoms with Gasteiger partial charge in [0.05, 0.1) is 5.75 Å². The molecule has 1 aromatic rings. The maximum Gasteiger partial charge on any atom is 0.183 e. The number of aromatic nitrogens is 1. The molecule has 0 unspecified atom stereocenters. The molecule has 0 saturated carbocycles. The summed E-state index contributed by atoms with van der Waals surface area (Å²) >= 11 is 7.13. The molecule has 2 atom stereocenters. The van der Waals surface area contributed by atoms with Crippen LogP contribution in [0.25, 0.3) is 0 Å². The van der Waals surface area contributed by atoms with Gasteiger partial charge in [-0.3, -0.25) is 4.21 Å². The lowest BCUT2D eigenvalue weighted by Gasteiger charge is -2.06. The van der Waals surface area contributed by atoms with Gasteiger partial charge in [0.15, 0.2) is 4.47 Å². The maximum absolute atomic E-state index is 11.8. The zero-order valence-electron chi connectivity index (χ0n) is 8.24. The smallest absolute Gasteiger partial charge is 0.183 e. The highest BCUT2D eigenvalue weighted by molar-refractivity contribution is 7.84. The van der Waals surface area contributed by atoms with Crippen LogP contribution in [0.4, 0.5) is 0 Å². The molecule has 0 spiro atoms. The summed E-state index contributed by atoms with van der Waals surface area (Å²) in [5.74, 6) is 1.97. The first-order valence-electron chi connectivity index (χ1n) is 4.90. The highest BCUT2D eigenvalue weighted by atomic mass is 35.5. The Hall–Kier alpha value is 0.0300. The van der Waals surface area contributed by atoms with Crippen LogP contribution in [0.1, 0.15) is 11.3 Å². The van der Waals surface area contributed by atoms with E-state index in [2.05, 4.69) is 10.3 Å². The molecular formula is C9H13ClN2OS2. The molecule has 15 heavy (non-hydrogen) atoms. The summed E-state index contributed by atoms with van der Waals surface area (Å²) in [6.45, 7) is 2.07. The third kappa shape index (κ3) is 3.52. The van der Waals surface area contributed by atoms with Crippen molar-refractivity contribution < 1.29 is 4.21 Å². The second-order valence-electron chi connectivity index (χ2n) is 3.69. The second-order valence-corrected chi connectivity index (χ2v) is 6.89. The lowest BCUT2D eigenvalue weighted by molar-refractivity contribution is 0.632. The van der Waals surface area contributed by atoms with Crippen LogP contribution >= 0.6 is 22.9 Å². The van der Waals surface area contributed by atoms with Crippen LogP contribution in [0.5, 0.6) is 0 Å². The Balaban J connectivity index is 1.81. The fourth-order valence-corrected chi connectivity index (χ4v) is 4.41. The number of halogens is 1. The molecule has 0 bridgehead atoms. The third-order valence-electron chi connectivity index (χ3n) is 2.41. The average molecular weight is 265 g/mol. The van der Waals surface area contributed by atoms with Crippen molar-refractivity contribution in [2.45, 2.75) is 12.2 Å². The molecule has 84 valence electrons. The average Bonchev–Trinajstić information content (AvgIpc) is 2.77. The molecule has 0 amide bonds. The Kier molecular flexibility index (Phi) is 4.13. The SMILES string of the molecule is O=[S@](Cc1cnc(Cl)s1)C[C@@H]1CCNC1. The van der Waals surface area contributed by atoms with E-state index in [1.165, 1.54) is 11.3 Å². The highest BCUT2D eigenvalue weighted by Crippen LogP contribution is 2.20. The lowest BCUT2D eigenvalue weighted by atomic mass is 10.2. The van der Waals surface area contributed by atoms with Crippen molar-refractivity contribution in [3.8, 4) is 0 Å². The van der Waals surface area contributed by atoms with Crippen LogP contribution in [0, 0.1) is 5.92 Å². The van der Waals surface area contributed by atoms with E-state index in [1.807, 2.05) is 0 Å². The summed E-state index contributed by atoms with van der Waals surface area (Å²) in [5, 5.41) is 3.28. The van der Waals surface area contributed by atoms with Crippen LogP contribution in [0.15, 0.2) is 6.20 Å². The van der Waals surface area contributed by atoms with Crippen molar-refractivity contribution in [3.63, 3.8) is 0 Å². The largest absolute Gasteiger partial charge is 0.316 e. The molecule has 0 aromatic carbocycles. The summed E-state index contributed by atoms with van der Waals surface area (Å²) in [6, 6.07) is 0. The number of nitrogens with one attached hydrogen (secondary N) is 1. The molecule has 2 rings (SSSR count). The number of hydrogen-bond acceptors (Lipinski definition) is 4. The quantitative estimate of drug-likeness (QED) is 0.899. The fourth-order valence-electron chi connectivity index (χ4n) is 1.69. The minimum Gasteiger partial charge on any atom is -0.316 e. The highest BCUT2D eigenvalue weighted by Gasteiger charge is 2.17. The van der Waals surface area contributed by atoms with E-state index in [1.54, 1.807) is 6.20 Å². The van der Waals surface area contributed by atoms with Gasteiger partial charge in [0.1, 0.15) is 0 Å². The molecular weight excluding hydrogens is 252 g/mol. The third-order valence-corrected chi connectivity index (χ3v) is 5.19. The predicted octanol–water partition coefficient (Wildman–Crippen LogP) is 1.65. The van der Waals surface area contributed by atoms with Gasteiger partial charge < -0.3 is 5.32 Å². The topological polar surface area (TPSA) is 42.0 Å². The molecule has 1 N–H and O–H groups in total. The molecule has 0 radical (unpaired) electrons. The van der Waals surface area contributed by atoms with E-state index in [4.69, 9.17) is 11.6 Å². The second kappa shape index (κ2) is 5.39. The molecule has 1 aliphatic rings. The van der Waals surface area contributed by atoms with Crippen LogP contribution in [0.3, 0.4) is 0 Å². The molecule has 1 aromatic heterocycles. The monoisotopic (exact) mass is 264 g/mol. The van der Waals surface area contributed by atoms with E-state index < -0.39 is 10.8 Å². The van der Waals surface area contributed by atoms with Gasteiger partial charge in [-0.15, -0.1) is 11.3 Å². The van der Waals surface area contributed by atoms with E-state index in [0.717, 1.165) is 30.1 Å². The first-order chi connectivity index (χ1) is 7.24. The number of thiazole rings is 1. The molecule has 1 fully saturated rings.